The molecule has 5 nitrogen and oxygen atoms in total. The van der Waals surface area contributed by atoms with Crippen LogP contribution in [0.4, 0.5) is 11.5 Å². The molecule has 2 aromatic rings. The Kier molecular flexibility index (Phi) is 5.78. The first kappa shape index (κ1) is 18.2. The average Bonchev–Trinajstić information content (AvgIpc) is 2.55. The maximum Gasteiger partial charge on any atom is 0.148 e. The lowest BCUT2D eigenvalue weighted by Crippen LogP contribution is -2.28. The number of aryl methyl sites for hydroxylation is 1. The van der Waals surface area contributed by atoms with Crippen molar-refractivity contribution >= 4 is 45.6 Å². The molecule has 0 bridgehead atoms. The van der Waals surface area contributed by atoms with Gasteiger partial charge in [0.05, 0.1) is 16.3 Å². The topological polar surface area (TPSA) is 87.2 Å². The molecule has 0 saturated heterocycles. The molecule has 0 aliphatic rings. The number of pyridine rings is 1. The molecule has 1 heterocycles. The lowest BCUT2D eigenvalue weighted by molar-refractivity contribution is 0.881. The largest absolute Gasteiger partial charge is 0.398 e. The number of benzene rings is 1. The second-order valence-corrected chi connectivity index (χ2v) is 6.52. The molecule has 128 valence electrons. The molecule has 0 fully saturated rings. The fraction of sp³-hybridized carbons (Fsp3) is 0.389. The highest BCUT2D eigenvalue weighted by molar-refractivity contribution is 6.45. The Hall–Kier alpha value is -2.14. The van der Waals surface area contributed by atoms with Crippen molar-refractivity contribution in [3.63, 3.8) is 0 Å². The molecular formula is C18H24ClN5. The Morgan fingerprint density at radius 3 is 2.75 bits per heavy atom. The Balaban J connectivity index is 2.49. The van der Waals surface area contributed by atoms with Gasteiger partial charge in [0.2, 0.25) is 0 Å². The first-order valence-electron chi connectivity index (χ1n) is 8.10. The van der Waals surface area contributed by atoms with Crippen molar-refractivity contribution in [2.75, 3.05) is 17.6 Å². The summed E-state index contributed by atoms with van der Waals surface area (Å²) in [6.45, 7) is 8.62. The van der Waals surface area contributed by atoms with Crippen molar-refractivity contribution in [2.45, 2.75) is 34.1 Å². The molecule has 0 spiro atoms. The van der Waals surface area contributed by atoms with Gasteiger partial charge in [0.25, 0.3) is 0 Å². The third kappa shape index (κ3) is 3.85. The SMILES string of the molecule is CCCN=C(Nc1nc2c(Cl)ccc(N)c2cc1C)C(=N)C(C)C. The van der Waals surface area contributed by atoms with Crippen molar-refractivity contribution in [3.05, 3.63) is 28.8 Å². The third-order valence-electron chi connectivity index (χ3n) is 3.72. The fourth-order valence-corrected chi connectivity index (χ4v) is 2.48. The first-order chi connectivity index (χ1) is 11.3. The van der Waals surface area contributed by atoms with E-state index in [0.29, 0.717) is 40.1 Å². The van der Waals surface area contributed by atoms with Crippen LogP contribution in [0.15, 0.2) is 23.2 Å². The molecule has 1 aromatic heterocycles. The highest BCUT2D eigenvalue weighted by Crippen LogP contribution is 2.30. The molecular weight excluding hydrogens is 322 g/mol. The van der Waals surface area contributed by atoms with Gasteiger partial charge in [0.15, 0.2) is 0 Å². The first-order valence-corrected chi connectivity index (χ1v) is 8.48. The van der Waals surface area contributed by atoms with Gasteiger partial charge in [-0.15, -0.1) is 0 Å². The smallest absolute Gasteiger partial charge is 0.148 e. The van der Waals surface area contributed by atoms with Crippen LogP contribution in [0, 0.1) is 18.3 Å². The van der Waals surface area contributed by atoms with Crippen molar-refractivity contribution in [1.82, 2.24) is 4.98 Å². The van der Waals surface area contributed by atoms with Crippen LogP contribution >= 0.6 is 11.6 Å². The number of aromatic nitrogens is 1. The summed E-state index contributed by atoms with van der Waals surface area (Å²) in [6.07, 6.45) is 0.920. The van der Waals surface area contributed by atoms with E-state index in [-0.39, 0.29) is 5.92 Å². The van der Waals surface area contributed by atoms with Crippen LogP contribution in [-0.2, 0) is 0 Å². The minimum Gasteiger partial charge on any atom is -0.398 e. The van der Waals surface area contributed by atoms with Crippen molar-refractivity contribution in [3.8, 4) is 0 Å². The summed E-state index contributed by atoms with van der Waals surface area (Å²) in [5, 5.41) is 12.9. The van der Waals surface area contributed by atoms with Crippen molar-refractivity contribution < 1.29 is 0 Å². The average molecular weight is 346 g/mol. The van der Waals surface area contributed by atoms with Crippen LogP contribution in [0.3, 0.4) is 0 Å². The molecule has 0 radical (unpaired) electrons. The molecule has 2 rings (SSSR count). The van der Waals surface area contributed by atoms with Crippen LogP contribution < -0.4 is 11.1 Å². The molecule has 6 heteroatoms. The van der Waals surface area contributed by atoms with E-state index in [9.17, 15) is 0 Å². The van der Waals surface area contributed by atoms with Gasteiger partial charge in [-0.25, -0.2) is 4.98 Å². The number of hydrogen-bond acceptors (Lipinski definition) is 4. The van der Waals surface area contributed by atoms with E-state index in [2.05, 4.69) is 22.2 Å². The van der Waals surface area contributed by atoms with Gasteiger partial charge in [-0.05, 0) is 43.0 Å². The van der Waals surface area contributed by atoms with Crippen LogP contribution in [0.25, 0.3) is 10.9 Å². The fourth-order valence-electron chi connectivity index (χ4n) is 2.27. The van der Waals surface area contributed by atoms with E-state index < -0.39 is 0 Å². The van der Waals surface area contributed by atoms with E-state index >= 15 is 0 Å². The highest BCUT2D eigenvalue weighted by atomic mass is 35.5. The number of rotatable bonds is 5. The summed E-state index contributed by atoms with van der Waals surface area (Å²) in [5.74, 6) is 1.28. The maximum atomic E-state index is 8.27. The molecule has 24 heavy (non-hydrogen) atoms. The van der Waals surface area contributed by atoms with Crippen LogP contribution in [0.5, 0.6) is 0 Å². The number of amidine groups is 1. The molecule has 0 unspecified atom stereocenters. The monoisotopic (exact) mass is 345 g/mol. The minimum absolute atomic E-state index is 0.0769. The summed E-state index contributed by atoms with van der Waals surface area (Å²) >= 11 is 6.27. The molecule has 0 atom stereocenters. The third-order valence-corrected chi connectivity index (χ3v) is 4.03. The number of hydrogen-bond donors (Lipinski definition) is 3. The van der Waals surface area contributed by atoms with Crippen LogP contribution in [0.1, 0.15) is 32.8 Å². The summed E-state index contributed by atoms with van der Waals surface area (Å²) in [6, 6.07) is 5.48. The summed E-state index contributed by atoms with van der Waals surface area (Å²) in [7, 11) is 0. The van der Waals surface area contributed by atoms with Gasteiger partial charge in [-0.3, -0.25) is 4.99 Å². The molecule has 0 amide bonds. The Morgan fingerprint density at radius 1 is 1.42 bits per heavy atom. The second kappa shape index (κ2) is 7.62. The van der Waals surface area contributed by atoms with Crippen molar-refractivity contribution in [2.24, 2.45) is 10.9 Å². The molecule has 0 saturated carbocycles. The summed E-state index contributed by atoms with van der Waals surface area (Å²) in [4.78, 5) is 9.13. The number of aliphatic imine (C=N–C) groups is 1. The maximum absolute atomic E-state index is 8.27. The van der Waals surface area contributed by atoms with E-state index in [1.807, 2.05) is 26.8 Å². The molecule has 0 aliphatic carbocycles. The molecule has 0 aliphatic heterocycles. The number of nitrogens with one attached hydrogen (secondary N) is 2. The van der Waals surface area contributed by atoms with Gasteiger partial charge >= 0.3 is 0 Å². The Bertz CT molecular complexity index is 796. The van der Waals surface area contributed by atoms with E-state index in [1.54, 1.807) is 12.1 Å². The Labute approximate surface area is 147 Å². The number of anilines is 2. The zero-order valence-corrected chi connectivity index (χ0v) is 15.3. The number of fused-ring (bicyclic) bond motifs is 1. The summed E-state index contributed by atoms with van der Waals surface area (Å²) < 4.78 is 0. The molecule has 1 aromatic carbocycles. The van der Waals surface area contributed by atoms with E-state index in [4.69, 9.17) is 22.7 Å². The van der Waals surface area contributed by atoms with Crippen LogP contribution in [0.2, 0.25) is 5.02 Å². The van der Waals surface area contributed by atoms with Gasteiger partial charge in [-0.1, -0.05) is 32.4 Å². The quantitative estimate of drug-likeness (QED) is 0.418. The van der Waals surface area contributed by atoms with Gasteiger partial charge in [-0.2, -0.15) is 0 Å². The predicted molar refractivity (Wildman–Crippen MR) is 105 cm³/mol. The zero-order valence-electron chi connectivity index (χ0n) is 14.6. The normalized spacial score (nSPS) is 12.0. The van der Waals surface area contributed by atoms with Gasteiger partial charge < -0.3 is 16.5 Å². The zero-order chi connectivity index (χ0) is 17.9. The molecule has 4 N–H and O–H groups in total. The predicted octanol–water partition coefficient (Wildman–Crippen LogP) is 4.67. The number of nitrogens with two attached hydrogens (primary N) is 1. The lowest BCUT2D eigenvalue weighted by atomic mass is 10.1. The Morgan fingerprint density at radius 2 is 2.12 bits per heavy atom. The standard InChI is InChI=1S/C18H24ClN5/c1-5-8-22-18(15(21)10(2)3)24-17-11(4)9-12-14(20)7-6-13(19)16(12)23-17/h6-7,9-10,21H,5,8,20H2,1-4H3,(H,22,23,24). The van der Waals surface area contributed by atoms with Crippen LogP contribution in [-0.4, -0.2) is 23.1 Å². The number of nitrogens with zero attached hydrogens (tertiary/aromatic N) is 2. The lowest BCUT2D eigenvalue weighted by Gasteiger charge is -2.16. The van der Waals surface area contributed by atoms with Gasteiger partial charge in [0, 0.05) is 17.6 Å². The minimum atomic E-state index is 0.0769. The van der Waals surface area contributed by atoms with E-state index in [0.717, 1.165) is 17.4 Å². The number of nitrogen functional groups attached to an aromatic ring is 1. The van der Waals surface area contributed by atoms with Crippen molar-refractivity contribution in [1.29, 1.82) is 5.41 Å². The van der Waals surface area contributed by atoms with Gasteiger partial charge in [0.1, 0.15) is 11.7 Å². The number of halogens is 1. The summed E-state index contributed by atoms with van der Waals surface area (Å²) in [5.41, 5.74) is 8.71. The van der Waals surface area contributed by atoms with E-state index in [1.165, 1.54) is 0 Å². The second-order valence-electron chi connectivity index (χ2n) is 6.11. The highest BCUT2D eigenvalue weighted by Gasteiger charge is 2.15.